The Labute approximate surface area is 174 Å². The van der Waals surface area contributed by atoms with E-state index in [0.717, 1.165) is 73.8 Å². The zero-order valence-corrected chi connectivity index (χ0v) is 17.7. The van der Waals surface area contributed by atoms with Gasteiger partial charge in [-0.3, -0.25) is 0 Å². The summed E-state index contributed by atoms with van der Waals surface area (Å²) in [5.41, 5.74) is 0.478. The van der Waals surface area contributed by atoms with Crippen molar-refractivity contribution in [3.05, 3.63) is 0 Å². The van der Waals surface area contributed by atoms with E-state index in [0.29, 0.717) is 0 Å². The van der Waals surface area contributed by atoms with Gasteiger partial charge in [0.05, 0.1) is 26.4 Å². The minimum Gasteiger partial charge on any atom is -0.303 e. The maximum absolute atomic E-state index is 6.41. The number of rotatable bonds is 0. The van der Waals surface area contributed by atoms with Crippen molar-refractivity contribution in [2.75, 3.05) is 26.4 Å². The lowest BCUT2D eigenvalue weighted by Gasteiger charge is -2.65. The first-order valence-corrected chi connectivity index (χ1v) is 12.7. The molecule has 10 fully saturated rings. The molecule has 4 nitrogen and oxygen atoms in total. The van der Waals surface area contributed by atoms with E-state index in [1.807, 2.05) is 0 Å². The van der Waals surface area contributed by atoms with Crippen LogP contribution in [0.2, 0.25) is 0 Å². The Kier molecular flexibility index (Phi) is 3.36. The van der Waals surface area contributed by atoms with E-state index in [4.69, 9.17) is 18.9 Å². The molecule has 2 aliphatic heterocycles. The van der Waals surface area contributed by atoms with Crippen LogP contribution in [0.25, 0.3) is 0 Å². The summed E-state index contributed by atoms with van der Waals surface area (Å²) >= 11 is 0. The van der Waals surface area contributed by atoms with Crippen LogP contribution in [0.4, 0.5) is 0 Å². The SMILES string of the molecule is C1C2CC3CC1CC(C2)C31COC2(OC1)OCC1(CO2)C2CC3CC(C2)CC1C3. The van der Waals surface area contributed by atoms with Crippen molar-refractivity contribution in [1.82, 2.24) is 0 Å². The van der Waals surface area contributed by atoms with Crippen LogP contribution in [0.15, 0.2) is 0 Å². The van der Waals surface area contributed by atoms with E-state index in [-0.39, 0.29) is 10.8 Å². The molecule has 160 valence electrons. The van der Waals surface area contributed by atoms with Gasteiger partial charge in [0.15, 0.2) is 0 Å². The summed E-state index contributed by atoms with van der Waals surface area (Å²) in [6.45, 7) is 3.13. The average Bonchev–Trinajstić information content (AvgIpc) is 2.72. The molecule has 4 heteroatoms. The Morgan fingerprint density at radius 1 is 0.379 bits per heavy atom. The minimum atomic E-state index is -1.19. The molecule has 0 atom stereocenters. The van der Waals surface area contributed by atoms with Crippen LogP contribution in [-0.4, -0.2) is 32.6 Å². The van der Waals surface area contributed by atoms with Gasteiger partial charge < -0.3 is 18.9 Å². The van der Waals surface area contributed by atoms with E-state index in [1.54, 1.807) is 0 Å². The maximum atomic E-state index is 6.41. The fourth-order valence-electron chi connectivity index (χ4n) is 10.4. The minimum absolute atomic E-state index is 0.239. The van der Waals surface area contributed by atoms with Gasteiger partial charge in [-0.1, -0.05) is 0 Å². The lowest BCUT2D eigenvalue weighted by molar-refractivity contribution is -0.558. The highest BCUT2D eigenvalue weighted by Crippen LogP contribution is 2.66. The first-order valence-electron chi connectivity index (χ1n) is 12.7. The van der Waals surface area contributed by atoms with Crippen LogP contribution in [0.5, 0.6) is 0 Å². The molecule has 2 heterocycles. The summed E-state index contributed by atoms with van der Waals surface area (Å²) in [6.07, 6.45) is 13.0. The Morgan fingerprint density at radius 3 is 0.931 bits per heavy atom. The molecule has 10 aliphatic rings. The molecule has 8 saturated carbocycles. The summed E-state index contributed by atoms with van der Waals surface area (Å²) < 4.78 is 25.6. The molecule has 0 amide bonds. The van der Waals surface area contributed by atoms with Gasteiger partial charge in [-0.05, 0) is 112 Å². The van der Waals surface area contributed by atoms with Crippen LogP contribution in [0, 0.1) is 58.2 Å². The van der Waals surface area contributed by atoms with Crippen molar-refractivity contribution in [1.29, 1.82) is 0 Å². The lowest BCUT2D eigenvalue weighted by atomic mass is 9.45. The normalized spacial score (nSPS) is 64.6. The lowest BCUT2D eigenvalue weighted by Crippen LogP contribution is -2.67. The molecule has 0 N–H and O–H groups in total. The average molecular weight is 401 g/mol. The van der Waals surface area contributed by atoms with E-state index in [9.17, 15) is 0 Å². The highest BCUT2D eigenvalue weighted by Gasteiger charge is 2.65. The van der Waals surface area contributed by atoms with Crippen LogP contribution < -0.4 is 0 Å². The quantitative estimate of drug-likeness (QED) is 0.597. The van der Waals surface area contributed by atoms with Crippen LogP contribution in [-0.2, 0) is 18.9 Å². The van der Waals surface area contributed by atoms with E-state index in [1.165, 1.54) is 64.2 Å². The van der Waals surface area contributed by atoms with E-state index in [2.05, 4.69) is 0 Å². The van der Waals surface area contributed by atoms with Gasteiger partial charge in [0.1, 0.15) is 0 Å². The summed E-state index contributed by atoms with van der Waals surface area (Å²) in [4.78, 5) is 0. The molecule has 0 unspecified atom stereocenters. The topological polar surface area (TPSA) is 36.9 Å². The van der Waals surface area contributed by atoms with Gasteiger partial charge in [0, 0.05) is 10.8 Å². The summed E-state index contributed by atoms with van der Waals surface area (Å²) in [5.74, 6) is 7.14. The Balaban J connectivity index is 0.996. The van der Waals surface area contributed by atoms with Crippen molar-refractivity contribution < 1.29 is 18.9 Å². The first kappa shape index (κ1) is 17.4. The fourth-order valence-corrected chi connectivity index (χ4v) is 10.4. The molecule has 0 aromatic carbocycles. The summed E-state index contributed by atoms with van der Waals surface area (Å²) in [7, 11) is 0. The highest BCUT2D eigenvalue weighted by molar-refractivity contribution is 5.09. The molecule has 8 bridgehead atoms. The second-order valence-corrected chi connectivity index (χ2v) is 12.7. The molecule has 29 heavy (non-hydrogen) atoms. The van der Waals surface area contributed by atoms with Crippen molar-refractivity contribution >= 4 is 0 Å². The smallest absolute Gasteiger partial charge is 0.303 e. The predicted octanol–water partition coefficient (Wildman–Crippen LogP) is 4.58. The Hall–Kier alpha value is -0.160. The zero-order chi connectivity index (χ0) is 18.8. The predicted molar refractivity (Wildman–Crippen MR) is 105 cm³/mol. The molecular formula is C25H36O4. The third-order valence-electron chi connectivity index (χ3n) is 11.6. The second kappa shape index (κ2) is 5.60. The van der Waals surface area contributed by atoms with Gasteiger partial charge >= 0.3 is 6.16 Å². The number of ether oxygens (including phenoxy) is 4. The standard InChI is InChI=1S/C25H36O4/c1-15-3-19-5-16(1)6-20(4-15)23(19)11-26-25(27-12-23)28-13-24(14-29-25)21-7-17-2-18(9-21)10-22(24)8-17/h15-22H,1-14H2. The molecule has 2 saturated heterocycles. The van der Waals surface area contributed by atoms with Crippen LogP contribution >= 0.6 is 0 Å². The second-order valence-electron chi connectivity index (χ2n) is 12.7. The highest BCUT2D eigenvalue weighted by atomic mass is 17.0. The van der Waals surface area contributed by atoms with Gasteiger partial charge in [-0.2, -0.15) is 0 Å². The van der Waals surface area contributed by atoms with Crippen molar-refractivity contribution in [3.8, 4) is 0 Å². The van der Waals surface area contributed by atoms with Gasteiger partial charge in [0.25, 0.3) is 0 Å². The molecule has 3 spiro atoms. The molecular weight excluding hydrogens is 364 g/mol. The fraction of sp³-hybridized carbons (Fsp3) is 1.00. The number of hydrogen-bond acceptors (Lipinski definition) is 4. The van der Waals surface area contributed by atoms with Crippen molar-refractivity contribution in [3.63, 3.8) is 0 Å². The molecule has 8 aliphatic carbocycles. The maximum Gasteiger partial charge on any atom is 0.412 e. The third-order valence-corrected chi connectivity index (χ3v) is 11.6. The van der Waals surface area contributed by atoms with E-state index < -0.39 is 6.16 Å². The van der Waals surface area contributed by atoms with Crippen molar-refractivity contribution in [2.24, 2.45) is 58.2 Å². The van der Waals surface area contributed by atoms with Gasteiger partial charge in [-0.15, -0.1) is 0 Å². The summed E-state index contributed by atoms with van der Waals surface area (Å²) in [6, 6.07) is 0. The van der Waals surface area contributed by atoms with Crippen molar-refractivity contribution in [2.45, 2.75) is 70.4 Å². The third kappa shape index (κ3) is 2.20. The Morgan fingerprint density at radius 2 is 0.655 bits per heavy atom. The van der Waals surface area contributed by atoms with Gasteiger partial charge in [0.2, 0.25) is 0 Å². The molecule has 0 aromatic rings. The Bertz CT molecular complexity index is 576. The summed E-state index contributed by atoms with van der Waals surface area (Å²) in [5, 5.41) is 0. The molecule has 0 aromatic heterocycles. The van der Waals surface area contributed by atoms with Crippen LogP contribution in [0.3, 0.4) is 0 Å². The zero-order valence-electron chi connectivity index (χ0n) is 17.7. The molecule has 10 rings (SSSR count). The monoisotopic (exact) mass is 400 g/mol. The van der Waals surface area contributed by atoms with Crippen LogP contribution in [0.1, 0.15) is 64.2 Å². The first-order chi connectivity index (χ1) is 14.1. The van der Waals surface area contributed by atoms with E-state index >= 15 is 0 Å². The number of hydrogen-bond donors (Lipinski definition) is 0. The van der Waals surface area contributed by atoms with Gasteiger partial charge in [-0.25, -0.2) is 0 Å². The molecule has 0 radical (unpaired) electrons. The largest absolute Gasteiger partial charge is 0.412 e.